The molecule has 0 aliphatic rings. The van der Waals surface area contributed by atoms with Crippen LogP contribution in [0, 0.1) is 13.8 Å². The van der Waals surface area contributed by atoms with Gasteiger partial charge in [0, 0.05) is 21.5 Å². The third-order valence-corrected chi connectivity index (χ3v) is 5.05. The van der Waals surface area contributed by atoms with E-state index in [1.165, 1.54) is 16.9 Å². The van der Waals surface area contributed by atoms with Crippen LogP contribution in [-0.4, -0.2) is 17.5 Å². The summed E-state index contributed by atoms with van der Waals surface area (Å²) in [5, 5.41) is 4.17. The first-order valence-electron chi connectivity index (χ1n) is 7.84. The van der Waals surface area contributed by atoms with Crippen molar-refractivity contribution in [2.24, 2.45) is 0 Å². The summed E-state index contributed by atoms with van der Waals surface area (Å²) in [6, 6.07) is 13.0. The number of carbonyl (C=O) groups excluding carboxylic acids is 1. The number of nitrogens with one attached hydrogen (secondary N) is 1. The molecule has 0 aliphatic heterocycles. The fraction of sp³-hybridized carbons (Fsp3) is 0.158. The number of hydrogen-bond acceptors (Lipinski definition) is 4. The first-order chi connectivity index (χ1) is 12.4. The molecule has 1 N–H and O–H groups in total. The Morgan fingerprint density at radius 1 is 1.15 bits per heavy atom. The Morgan fingerprint density at radius 2 is 1.88 bits per heavy atom. The molecule has 2 aromatic carbocycles. The van der Waals surface area contributed by atoms with E-state index >= 15 is 0 Å². The highest BCUT2D eigenvalue weighted by Crippen LogP contribution is 2.31. The normalized spacial score (nSPS) is 10.6. The van der Waals surface area contributed by atoms with E-state index in [9.17, 15) is 4.79 Å². The maximum atomic E-state index is 12.1. The predicted molar refractivity (Wildman–Crippen MR) is 108 cm³/mol. The number of halogens is 2. The number of ether oxygens (including phenoxy) is 1. The Bertz CT molecular complexity index is 939. The Labute approximate surface area is 165 Å². The number of nitrogens with zero attached hydrogens (tertiary/aromatic N) is 1. The van der Waals surface area contributed by atoms with Crippen LogP contribution in [0.5, 0.6) is 5.75 Å². The lowest BCUT2D eigenvalue weighted by molar-refractivity contribution is -0.118. The minimum Gasteiger partial charge on any atom is -0.482 e. The molecule has 0 fully saturated rings. The van der Waals surface area contributed by atoms with E-state index < -0.39 is 0 Å². The molecule has 134 valence electrons. The van der Waals surface area contributed by atoms with E-state index in [0.29, 0.717) is 20.9 Å². The molecule has 1 amide bonds. The summed E-state index contributed by atoms with van der Waals surface area (Å²) in [4.78, 5) is 17.7. The monoisotopic (exact) mass is 406 g/mol. The van der Waals surface area contributed by atoms with Crippen molar-refractivity contribution in [2.45, 2.75) is 13.8 Å². The van der Waals surface area contributed by atoms with Gasteiger partial charge >= 0.3 is 0 Å². The standard InChI is InChI=1S/C19H16Cl2N2O2S/c1-11-3-5-13(6-4-11)18-12(2)26-19(23-18)22-17(24)10-25-16-9-14(20)7-8-15(16)21/h3-9H,10H2,1-2H3,(H,22,23,24). The van der Waals surface area contributed by atoms with Gasteiger partial charge in [0.2, 0.25) is 0 Å². The van der Waals surface area contributed by atoms with E-state index in [1.807, 2.05) is 38.1 Å². The van der Waals surface area contributed by atoms with E-state index in [0.717, 1.165) is 16.1 Å². The number of anilines is 1. The fourth-order valence-electron chi connectivity index (χ4n) is 2.32. The third kappa shape index (κ3) is 4.55. The van der Waals surface area contributed by atoms with Crippen molar-refractivity contribution < 1.29 is 9.53 Å². The molecule has 3 rings (SSSR count). The third-order valence-electron chi connectivity index (χ3n) is 3.62. The molecule has 0 unspecified atom stereocenters. The van der Waals surface area contributed by atoms with E-state index in [2.05, 4.69) is 10.3 Å². The second kappa shape index (κ2) is 8.08. The largest absolute Gasteiger partial charge is 0.482 e. The molecule has 0 saturated heterocycles. The molecule has 26 heavy (non-hydrogen) atoms. The van der Waals surface area contributed by atoms with E-state index in [1.54, 1.807) is 18.2 Å². The second-order valence-corrected chi connectivity index (χ2v) is 7.75. The topological polar surface area (TPSA) is 51.2 Å². The SMILES string of the molecule is Cc1ccc(-c2nc(NC(=O)COc3cc(Cl)ccc3Cl)sc2C)cc1. The van der Waals surface area contributed by atoms with Crippen LogP contribution in [0.25, 0.3) is 11.3 Å². The summed E-state index contributed by atoms with van der Waals surface area (Å²) < 4.78 is 5.43. The number of carbonyl (C=O) groups is 1. The molecule has 1 heterocycles. The molecule has 1 aromatic heterocycles. The number of benzene rings is 2. The summed E-state index contributed by atoms with van der Waals surface area (Å²) >= 11 is 13.3. The zero-order chi connectivity index (χ0) is 18.7. The van der Waals surface area contributed by atoms with Gasteiger partial charge < -0.3 is 4.74 Å². The number of aryl methyl sites for hydroxylation is 2. The number of hydrogen-bond donors (Lipinski definition) is 1. The molecular weight excluding hydrogens is 391 g/mol. The van der Waals surface area contributed by atoms with Gasteiger partial charge in [0.15, 0.2) is 11.7 Å². The van der Waals surface area contributed by atoms with Crippen LogP contribution < -0.4 is 10.1 Å². The Hall–Kier alpha value is -2.08. The van der Waals surface area contributed by atoms with Crippen molar-refractivity contribution >= 4 is 45.6 Å². The van der Waals surface area contributed by atoms with E-state index in [-0.39, 0.29) is 12.5 Å². The van der Waals surface area contributed by atoms with Crippen LogP contribution in [0.1, 0.15) is 10.4 Å². The molecule has 0 radical (unpaired) electrons. The molecule has 4 nitrogen and oxygen atoms in total. The van der Waals surface area contributed by atoms with Crippen molar-refractivity contribution in [3.63, 3.8) is 0 Å². The molecule has 3 aromatic rings. The highest BCUT2D eigenvalue weighted by Gasteiger charge is 2.13. The fourth-order valence-corrected chi connectivity index (χ4v) is 3.50. The average Bonchev–Trinajstić information content (AvgIpc) is 2.96. The molecule has 0 saturated carbocycles. The van der Waals surface area contributed by atoms with Gasteiger partial charge in [0.1, 0.15) is 5.75 Å². The predicted octanol–water partition coefficient (Wildman–Crippen LogP) is 5.75. The molecule has 0 aliphatic carbocycles. The van der Waals surface area contributed by atoms with Crippen molar-refractivity contribution in [1.29, 1.82) is 0 Å². The van der Waals surface area contributed by atoms with Crippen LogP contribution in [-0.2, 0) is 4.79 Å². The summed E-state index contributed by atoms with van der Waals surface area (Å²) in [6.07, 6.45) is 0. The Morgan fingerprint density at radius 3 is 2.62 bits per heavy atom. The van der Waals surface area contributed by atoms with Gasteiger partial charge in [-0.3, -0.25) is 10.1 Å². The van der Waals surface area contributed by atoms with Crippen molar-refractivity contribution in [2.75, 3.05) is 11.9 Å². The van der Waals surface area contributed by atoms with Crippen LogP contribution in [0.3, 0.4) is 0 Å². The van der Waals surface area contributed by atoms with Gasteiger partial charge in [-0.15, -0.1) is 11.3 Å². The Kier molecular flexibility index (Phi) is 5.81. The zero-order valence-corrected chi connectivity index (χ0v) is 16.5. The summed E-state index contributed by atoms with van der Waals surface area (Å²) in [5.74, 6) is 0.0511. The molecule has 0 spiro atoms. The summed E-state index contributed by atoms with van der Waals surface area (Å²) in [7, 11) is 0. The number of thiazole rings is 1. The lowest BCUT2D eigenvalue weighted by Gasteiger charge is -2.07. The molecular formula is C19H16Cl2N2O2S. The first-order valence-corrected chi connectivity index (χ1v) is 9.42. The Balaban J connectivity index is 1.65. The highest BCUT2D eigenvalue weighted by molar-refractivity contribution is 7.16. The van der Waals surface area contributed by atoms with Gasteiger partial charge in [-0.2, -0.15) is 0 Å². The van der Waals surface area contributed by atoms with Gasteiger partial charge in [-0.1, -0.05) is 53.0 Å². The smallest absolute Gasteiger partial charge is 0.264 e. The molecule has 7 heteroatoms. The van der Waals surface area contributed by atoms with E-state index in [4.69, 9.17) is 27.9 Å². The van der Waals surface area contributed by atoms with Crippen LogP contribution in [0.4, 0.5) is 5.13 Å². The number of rotatable bonds is 5. The highest BCUT2D eigenvalue weighted by atomic mass is 35.5. The first kappa shape index (κ1) is 18.7. The molecule has 0 atom stereocenters. The lowest BCUT2D eigenvalue weighted by Crippen LogP contribution is -2.20. The van der Waals surface area contributed by atoms with Crippen LogP contribution in [0.2, 0.25) is 10.0 Å². The maximum Gasteiger partial charge on any atom is 0.264 e. The molecule has 0 bridgehead atoms. The van der Waals surface area contributed by atoms with Crippen molar-refractivity contribution in [3.05, 3.63) is 63.0 Å². The van der Waals surface area contributed by atoms with Gasteiger partial charge in [0.05, 0.1) is 10.7 Å². The summed E-state index contributed by atoms with van der Waals surface area (Å²) in [6.45, 7) is 3.83. The van der Waals surface area contributed by atoms with Gasteiger partial charge in [-0.05, 0) is 26.0 Å². The number of aromatic nitrogens is 1. The average molecular weight is 407 g/mol. The quantitative estimate of drug-likeness (QED) is 0.586. The maximum absolute atomic E-state index is 12.1. The van der Waals surface area contributed by atoms with Crippen molar-refractivity contribution in [1.82, 2.24) is 4.98 Å². The second-order valence-electron chi connectivity index (χ2n) is 5.70. The zero-order valence-electron chi connectivity index (χ0n) is 14.2. The van der Waals surface area contributed by atoms with Crippen molar-refractivity contribution in [3.8, 4) is 17.0 Å². The summed E-state index contributed by atoms with van der Waals surface area (Å²) in [5.41, 5.74) is 3.07. The van der Waals surface area contributed by atoms with Gasteiger partial charge in [0.25, 0.3) is 5.91 Å². The van der Waals surface area contributed by atoms with Gasteiger partial charge in [-0.25, -0.2) is 4.98 Å². The van der Waals surface area contributed by atoms with Crippen LogP contribution >= 0.6 is 34.5 Å². The number of amides is 1. The minimum atomic E-state index is -0.315. The lowest BCUT2D eigenvalue weighted by atomic mass is 10.1. The van der Waals surface area contributed by atoms with Crippen LogP contribution in [0.15, 0.2) is 42.5 Å². The minimum absolute atomic E-state index is 0.182.